The number of fused-ring (bicyclic) bond motifs is 3. The van der Waals surface area contributed by atoms with Crippen LogP contribution in [0.3, 0.4) is 0 Å². The molecule has 1 amide bonds. The lowest BCUT2D eigenvalue weighted by Gasteiger charge is -2.48. The maximum Gasteiger partial charge on any atom is 0.287 e. The van der Waals surface area contributed by atoms with E-state index in [-0.39, 0.29) is 11.4 Å². The molecule has 2 aromatic heterocycles. The second-order valence-electron chi connectivity index (χ2n) is 9.63. The Hall–Kier alpha value is -2.43. The van der Waals surface area contributed by atoms with E-state index in [0.717, 1.165) is 65.7 Å². The molecule has 1 N–H and O–H groups in total. The van der Waals surface area contributed by atoms with Gasteiger partial charge in [0.2, 0.25) is 0 Å². The van der Waals surface area contributed by atoms with Crippen LogP contribution in [0.1, 0.15) is 54.8 Å². The van der Waals surface area contributed by atoms with Crippen molar-refractivity contribution in [1.29, 1.82) is 0 Å². The van der Waals surface area contributed by atoms with E-state index in [2.05, 4.69) is 11.4 Å². The van der Waals surface area contributed by atoms with Crippen molar-refractivity contribution in [2.75, 3.05) is 0 Å². The predicted octanol–water partition coefficient (Wildman–Crippen LogP) is 7.55. The number of amides is 1. The molecule has 3 fully saturated rings. The lowest BCUT2D eigenvalue weighted by molar-refractivity contribution is 0.0568. The summed E-state index contributed by atoms with van der Waals surface area (Å²) >= 11 is 12.1. The van der Waals surface area contributed by atoms with Gasteiger partial charge < -0.3 is 14.2 Å². The van der Waals surface area contributed by atoms with Crippen molar-refractivity contribution in [2.45, 2.75) is 50.5 Å². The number of carbonyl (C=O) groups is 1. The molecule has 164 valence electrons. The number of nitrogens with one attached hydrogen (secondary N) is 1. The summed E-state index contributed by atoms with van der Waals surface area (Å²) < 4.78 is 11.7. The number of furan rings is 2. The summed E-state index contributed by atoms with van der Waals surface area (Å²) in [6.45, 7) is 0. The zero-order chi connectivity index (χ0) is 21.9. The third-order valence-corrected chi connectivity index (χ3v) is 7.77. The van der Waals surface area contributed by atoms with Gasteiger partial charge in [0.1, 0.15) is 16.9 Å². The van der Waals surface area contributed by atoms with E-state index in [4.69, 9.17) is 32.0 Å². The van der Waals surface area contributed by atoms with Gasteiger partial charge in [0.25, 0.3) is 5.91 Å². The van der Waals surface area contributed by atoms with Crippen LogP contribution in [-0.4, -0.2) is 11.4 Å². The fraction of sp³-hybridized carbons (Fsp3) is 0.346. The number of hydrogen-bond acceptors (Lipinski definition) is 3. The summed E-state index contributed by atoms with van der Waals surface area (Å²) in [5, 5.41) is 6.55. The number of hydrogen-bond donors (Lipinski definition) is 1. The number of halogens is 2. The maximum absolute atomic E-state index is 12.8. The molecule has 3 saturated carbocycles. The second kappa shape index (κ2) is 7.29. The smallest absolute Gasteiger partial charge is 0.287 e. The van der Waals surface area contributed by atoms with Gasteiger partial charge in [-0.3, -0.25) is 4.79 Å². The summed E-state index contributed by atoms with van der Waals surface area (Å²) in [6.07, 6.45) is 7.47. The molecular formula is C26H23Cl2NO3. The van der Waals surface area contributed by atoms with E-state index in [0.29, 0.717) is 21.8 Å². The van der Waals surface area contributed by atoms with Crippen molar-refractivity contribution in [3.05, 3.63) is 70.1 Å². The molecule has 3 aliphatic rings. The average molecular weight is 468 g/mol. The molecular weight excluding hydrogens is 445 g/mol. The maximum atomic E-state index is 12.8. The molecule has 6 heteroatoms. The molecule has 0 unspecified atom stereocenters. The normalized spacial score (nSPS) is 24.2. The van der Waals surface area contributed by atoms with Crippen LogP contribution >= 0.6 is 23.2 Å². The topological polar surface area (TPSA) is 55.4 Å². The first-order valence-electron chi connectivity index (χ1n) is 11.1. The van der Waals surface area contributed by atoms with Crippen LogP contribution in [-0.2, 0) is 6.42 Å². The van der Waals surface area contributed by atoms with E-state index < -0.39 is 0 Å². The van der Waals surface area contributed by atoms with Crippen LogP contribution in [0.4, 0.5) is 0 Å². The van der Waals surface area contributed by atoms with E-state index in [1.165, 1.54) is 6.42 Å². The fourth-order valence-corrected chi connectivity index (χ4v) is 6.31. The van der Waals surface area contributed by atoms with E-state index in [1.54, 1.807) is 18.2 Å². The molecule has 32 heavy (non-hydrogen) atoms. The summed E-state index contributed by atoms with van der Waals surface area (Å²) in [6, 6.07) is 15.0. The zero-order valence-electron chi connectivity index (χ0n) is 17.5. The Labute approximate surface area is 195 Å². The summed E-state index contributed by atoms with van der Waals surface area (Å²) in [5.41, 5.74) is 1.84. The highest BCUT2D eigenvalue weighted by atomic mass is 35.5. The van der Waals surface area contributed by atoms with Gasteiger partial charge in [-0.2, -0.15) is 0 Å². The van der Waals surface area contributed by atoms with Crippen molar-refractivity contribution < 1.29 is 13.6 Å². The van der Waals surface area contributed by atoms with Gasteiger partial charge in [0.05, 0.1) is 0 Å². The summed E-state index contributed by atoms with van der Waals surface area (Å²) in [7, 11) is 0. The number of benzene rings is 2. The molecule has 0 spiro atoms. The van der Waals surface area contributed by atoms with Crippen LogP contribution in [0.15, 0.2) is 57.4 Å². The SMILES string of the molecule is O=C(NC12CCC(CCCc3cc4cc(Cl)ccc4o3)(C1)C2)c1cc2cc(Cl)ccc2o1. The molecule has 0 aliphatic heterocycles. The van der Waals surface area contributed by atoms with Gasteiger partial charge in [0, 0.05) is 32.8 Å². The van der Waals surface area contributed by atoms with Crippen molar-refractivity contribution in [3.8, 4) is 0 Å². The van der Waals surface area contributed by atoms with Crippen LogP contribution in [0.2, 0.25) is 10.0 Å². The van der Waals surface area contributed by atoms with Gasteiger partial charge in [-0.1, -0.05) is 23.2 Å². The van der Waals surface area contributed by atoms with Crippen LogP contribution in [0.25, 0.3) is 21.9 Å². The van der Waals surface area contributed by atoms with Crippen molar-refractivity contribution in [1.82, 2.24) is 5.32 Å². The molecule has 3 aliphatic carbocycles. The monoisotopic (exact) mass is 467 g/mol. The van der Waals surface area contributed by atoms with Crippen LogP contribution in [0, 0.1) is 5.41 Å². The summed E-state index contributed by atoms with van der Waals surface area (Å²) in [5.74, 6) is 1.24. The molecule has 0 radical (unpaired) electrons. The molecule has 0 atom stereocenters. The van der Waals surface area contributed by atoms with Crippen LogP contribution in [0.5, 0.6) is 0 Å². The first kappa shape index (κ1) is 20.2. The van der Waals surface area contributed by atoms with E-state index in [9.17, 15) is 4.79 Å². The lowest BCUT2D eigenvalue weighted by Crippen LogP contribution is -2.55. The number of aryl methyl sites for hydroxylation is 1. The molecule has 7 rings (SSSR count). The van der Waals surface area contributed by atoms with Gasteiger partial charge in [-0.15, -0.1) is 0 Å². The Morgan fingerprint density at radius 2 is 1.59 bits per heavy atom. The Kier molecular flexibility index (Phi) is 4.60. The molecule has 4 aromatic rings. The van der Waals surface area contributed by atoms with E-state index >= 15 is 0 Å². The minimum absolute atomic E-state index is 0.0795. The fourth-order valence-electron chi connectivity index (χ4n) is 5.95. The van der Waals surface area contributed by atoms with E-state index in [1.807, 2.05) is 24.3 Å². The summed E-state index contributed by atoms with van der Waals surface area (Å²) in [4.78, 5) is 12.8. The Morgan fingerprint density at radius 3 is 2.34 bits per heavy atom. The minimum Gasteiger partial charge on any atom is -0.461 e. The molecule has 2 aromatic carbocycles. The third-order valence-electron chi connectivity index (χ3n) is 7.30. The minimum atomic E-state index is -0.131. The lowest BCUT2D eigenvalue weighted by atomic mass is 9.63. The molecule has 2 heterocycles. The second-order valence-corrected chi connectivity index (χ2v) is 10.5. The van der Waals surface area contributed by atoms with Crippen molar-refractivity contribution in [2.24, 2.45) is 5.41 Å². The highest BCUT2D eigenvalue weighted by molar-refractivity contribution is 6.31. The largest absolute Gasteiger partial charge is 0.461 e. The van der Waals surface area contributed by atoms with Gasteiger partial charge in [-0.05, 0) is 92.5 Å². The molecule has 2 bridgehead atoms. The van der Waals surface area contributed by atoms with Crippen LogP contribution < -0.4 is 5.32 Å². The highest BCUT2D eigenvalue weighted by Gasteiger charge is 2.60. The Morgan fingerprint density at radius 1 is 0.906 bits per heavy atom. The predicted molar refractivity (Wildman–Crippen MR) is 126 cm³/mol. The number of rotatable bonds is 6. The zero-order valence-corrected chi connectivity index (χ0v) is 19.1. The van der Waals surface area contributed by atoms with Gasteiger partial charge in [0.15, 0.2) is 5.76 Å². The number of carbonyl (C=O) groups excluding carboxylic acids is 1. The standard InChI is InChI=1S/C26H23Cl2NO3/c27-18-3-5-21-16(10-18)12-20(31-21)2-1-7-25-8-9-26(14-25,15-25)29-24(30)23-13-17-11-19(28)4-6-22(17)32-23/h3-6,10-13H,1-2,7-9,14-15H2,(H,29,30). The molecule has 4 nitrogen and oxygen atoms in total. The Bertz CT molecular complexity index is 1350. The van der Waals surface area contributed by atoms with Crippen molar-refractivity contribution in [3.63, 3.8) is 0 Å². The van der Waals surface area contributed by atoms with Gasteiger partial charge >= 0.3 is 0 Å². The first-order chi connectivity index (χ1) is 15.4. The third kappa shape index (κ3) is 3.50. The van der Waals surface area contributed by atoms with Crippen molar-refractivity contribution >= 4 is 51.0 Å². The average Bonchev–Trinajstić information content (AvgIpc) is 3.48. The first-order valence-corrected chi connectivity index (χ1v) is 11.9. The Balaban J connectivity index is 1.06. The van der Waals surface area contributed by atoms with Gasteiger partial charge in [-0.25, -0.2) is 0 Å². The molecule has 0 saturated heterocycles. The quantitative estimate of drug-likeness (QED) is 0.318. The highest BCUT2D eigenvalue weighted by Crippen LogP contribution is 2.63.